The molecule has 0 amide bonds. The molecule has 0 aromatic heterocycles. The number of methoxy groups -OCH3 is 1. The Labute approximate surface area is 119 Å². The van der Waals surface area contributed by atoms with E-state index in [-0.39, 0.29) is 18.0 Å². The molecular weight excluding hydrogens is 311 g/mol. The second kappa shape index (κ2) is 5.97. The summed E-state index contributed by atoms with van der Waals surface area (Å²) in [5.74, 6) is -0.457. The lowest BCUT2D eigenvalue weighted by atomic mass is 10.0. The second-order valence-corrected chi connectivity index (χ2v) is 4.96. The molecule has 0 saturated carbocycles. The predicted octanol–water partition coefficient (Wildman–Crippen LogP) is 4.02. The highest BCUT2D eigenvalue weighted by Gasteiger charge is 2.13. The summed E-state index contributed by atoms with van der Waals surface area (Å²) < 4.78 is 19.7. The Morgan fingerprint density at radius 1 is 1.26 bits per heavy atom. The van der Waals surface area contributed by atoms with E-state index >= 15 is 0 Å². The van der Waals surface area contributed by atoms with Crippen molar-refractivity contribution < 1.29 is 13.9 Å². The van der Waals surface area contributed by atoms with Crippen LogP contribution in [0.3, 0.4) is 0 Å². The SMILES string of the molecule is COc1cccc(CC(=O)c2cccc(Br)c2)c1F. The normalized spacial score (nSPS) is 10.3. The Hall–Kier alpha value is -1.68. The van der Waals surface area contributed by atoms with Gasteiger partial charge in [0.2, 0.25) is 0 Å². The molecule has 2 nitrogen and oxygen atoms in total. The Kier molecular flexibility index (Phi) is 4.32. The van der Waals surface area contributed by atoms with Gasteiger partial charge in [0.1, 0.15) is 0 Å². The number of benzene rings is 2. The van der Waals surface area contributed by atoms with Gasteiger partial charge in [0.15, 0.2) is 17.3 Å². The monoisotopic (exact) mass is 322 g/mol. The first-order valence-electron chi connectivity index (χ1n) is 5.72. The summed E-state index contributed by atoms with van der Waals surface area (Å²) in [6.07, 6.45) is 0.0134. The Balaban J connectivity index is 2.24. The van der Waals surface area contributed by atoms with Crippen LogP contribution in [0.4, 0.5) is 4.39 Å². The van der Waals surface area contributed by atoms with E-state index in [0.29, 0.717) is 11.1 Å². The first-order valence-corrected chi connectivity index (χ1v) is 6.51. The van der Waals surface area contributed by atoms with Crippen molar-refractivity contribution in [3.8, 4) is 5.75 Å². The summed E-state index contributed by atoms with van der Waals surface area (Å²) in [6, 6.07) is 11.8. The van der Waals surface area contributed by atoms with Crippen LogP contribution in [-0.2, 0) is 6.42 Å². The average molecular weight is 323 g/mol. The lowest BCUT2D eigenvalue weighted by Crippen LogP contribution is -2.06. The first-order chi connectivity index (χ1) is 9.11. The van der Waals surface area contributed by atoms with Crippen LogP contribution < -0.4 is 4.74 Å². The van der Waals surface area contributed by atoms with Crippen molar-refractivity contribution in [1.82, 2.24) is 0 Å². The summed E-state index contributed by atoms with van der Waals surface area (Å²) in [5.41, 5.74) is 0.890. The third-order valence-corrected chi connectivity index (χ3v) is 3.25. The van der Waals surface area contributed by atoms with E-state index in [2.05, 4.69) is 15.9 Å². The minimum atomic E-state index is -0.478. The molecule has 0 unspecified atom stereocenters. The number of Topliss-reactive ketones (excluding diaryl/α,β-unsaturated/α-hetero) is 1. The molecule has 0 N–H and O–H groups in total. The summed E-state index contributed by atoms with van der Waals surface area (Å²) in [7, 11) is 1.40. The molecule has 0 bridgehead atoms. The van der Waals surface area contributed by atoms with Crippen LogP contribution in [-0.4, -0.2) is 12.9 Å². The van der Waals surface area contributed by atoms with Gasteiger partial charge in [0.25, 0.3) is 0 Å². The van der Waals surface area contributed by atoms with Crippen molar-refractivity contribution >= 4 is 21.7 Å². The maximum atomic E-state index is 13.9. The first kappa shape index (κ1) is 13.7. The predicted molar refractivity (Wildman–Crippen MR) is 75.1 cm³/mol. The number of hydrogen-bond acceptors (Lipinski definition) is 2. The van der Waals surface area contributed by atoms with E-state index in [1.165, 1.54) is 13.2 Å². The van der Waals surface area contributed by atoms with Crippen molar-refractivity contribution in [2.24, 2.45) is 0 Å². The highest BCUT2D eigenvalue weighted by atomic mass is 79.9. The zero-order chi connectivity index (χ0) is 13.8. The fraction of sp³-hybridized carbons (Fsp3) is 0.133. The average Bonchev–Trinajstić information content (AvgIpc) is 2.41. The lowest BCUT2D eigenvalue weighted by molar-refractivity contribution is 0.0991. The van der Waals surface area contributed by atoms with E-state index in [1.807, 2.05) is 6.07 Å². The van der Waals surface area contributed by atoms with E-state index in [0.717, 1.165) is 4.47 Å². The molecule has 0 radical (unpaired) electrons. The molecule has 2 aromatic carbocycles. The Morgan fingerprint density at radius 3 is 2.68 bits per heavy atom. The van der Waals surface area contributed by atoms with Gasteiger partial charge in [-0.15, -0.1) is 0 Å². The highest BCUT2D eigenvalue weighted by molar-refractivity contribution is 9.10. The van der Waals surface area contributed by atoms with E-state index in [4.69, 9.17) is 4.74 Å². The number of ketones is 1. The zero-order valence-electron chi connectivity index (χ0n) is 10.3. The molecular formula is C15H12BrFO2. The number of carbonyl (C=O) groups excluding carboxylic acids is 1. The van der Waals surface area contributed by atoms with Crippen molar-refractivity contribution in [2.75, 3.05) is 7.11 Å². The number of hydrogen-bond donors (Lipinski definition) is 0. The maximum absolute atomic E-state index is 13.9. The van der Waals surface area contributed by atoms with Crippen LogP contribution in [0.15, 0.2) is 46.9 Å². The number of rotatable bonds is 4. The molecule has 0 heterocycles. The molecule has 98 valence electrons. The summed E-state index contributed by atoms with van der Waals surface area (Å²) >= 11 is 3.31. The third kappa shape index (κ3) is 3.20. The van der Waals surface area contributed by atoms with Crippen LogP contribution in [0.25, 0.3) is 0 Å². The molecule has 0 spiro atoms. The third-order valence-electron chi connectivity index (χ3n) is 2.76. The van der Waals surface area contributed by atoms with Crippen LogP contribution in [0.5, 0.6) is 5.75 Å². The minimum absolute atomic E-state index is 0.0134. The largest absolute Gasteiger partial charge is 0.494 e. The van der Waals surface area contributed by atoms with Gasteiger partial charge in [-0.3, -0.25) is 4.79 Å². The van der Waals surface area contributed by atoms with Gasteiger partial charge < -0.3 is 4.74 Å². The van der Waals surface area contributed by atoms with Crippen LogP contribution in [0.1, 0.15) is 15.9 Å². The molecule has 0 aliphatic carbocycles. The van der Waals surface area contributed by atoms with Crippen molar-refractivity contribution in [2.45, 2.75) is 6.42 Å². The minimum Gasteiger partial charge on any atom is -0.494 e. The van der Waals surface area contributed by atoms with Gasteiger partial charge in [0.05, 0.1) is 7.11 Å². The molecule has 0 fully saturated rings. The van der Waals surface area contributed by atoms with Gasteiger partial charge >= 0.3 is 0 Å². The molecule has 0 saturated heterocycles. The van der Waals surface area contributed by atoms with Crippen molar-refractivity contribution in [3.63, 3.8) is 0 Å². The highest BCUT2D eigenvalue weighted by Crippen LogP contribution is 2.22. The van der Waals surface area contributed by atoms with E-state index in [1.54, 1.807) is 30.3 Å². The topological polar surface area (TPSA) is 26.3 Å². The lowest BCUT2D eigenvalue weighted by Gasteiger charge is -2.07. The van der Waals surface area contributed by atoms with E-state index in [9.17, 15) is 9.18 Å². The molecule has 0 aliphatic heterocycles. The smallest absolute Gasteiger partial charge is 0.168 e. The number of carbonyl (C=O) groups is 1. The van der Waals surface area contributed by atoms with Gasteiger partial charge in [-0.25, -0.2) is 4.39 Å². The van der Waals surface area contributed by atoms with Crippen molar-refractivity contribution in [3.05, 3.63) is 63.9 Å². The molecule has 2 aromatic rings. The van der Waals surface area contributed by atoms with Crippen LogP contribution in [0, 0.1) is 5.82 Å². The van der Waals surface area contributed by atoms with Crippen LogP contribution >= 0.6 is 15.9 Å². The molecule has 19 heavy (non-hydrogen) atoms. The summed E-state index contributed by atoms with van der Waals surface area (Å²) in [6.45, 7) is 0. The zero-order valence-corrected chi connectivity index (χ0v) is 11.9. The quantitative estimate of drug-likeness (QED) is 0.795. The molecule has 0 aliphatic rings. The molecule has 4 heteroatoms. The molecule has 2 rings (SSSR count). The van der Waals surface area contributed by atoms with Gasteiger partial charge in [-0.2, -0.15) is 0 Å². The fourth-order valence-electron chi connectivity index (χ4n) is 1.79. The number of halogens is 2. The Bertz CT molecular complexity index is 611. The van der Waals surface area contributed by atoms with Gasteiger partial charge in [0, 0.05) is 16.5 Å². The summed E-state index contributed by atoms with van der Waals surface area (Å²) in [5, 5.41) is 0. The maximum Gasteiger partial charge on any atom is 0.168 e. The fourth-order valence-corrected chi connectivity index (χ4v) is 2.19. The van der Waals surface area contributed by atoms with E-state index < -0.39 is 5.82 Å². The number of ether oxygens (including phenoxy) is 1. The van der Waals surface area contributed by atoms with Crippen LogP contribution in [0.2, 0.25) is 0 Å². The van der Waals surface area contributed by atoms with Gasteiger partial charge in [-0.1, -0.05) is 40.2 Å². The summed E-state index contributed by atoms with van der Waals surface area (Å²) in [4.78, 5) is 12.1. The second-order valence-electron chi connectivity index (χ2n) is 4.04. The standard InChI is InChI=1S/C15H12BrFO2/c1-19-14-7-3-5-11(15(14)17)9-13(18)10-4-2-6-12(16)8-10/h2-8H,9H2,1H3. The van der Waals surface area contributed by atoms with Gasteiger partial charge in [-0.05, 0) is 23.8 Å². The van der Waals surface area contributed by atoms with Crippen molar-refractivity contribution in [1.29, 1.82) is 0 Å². The molecule has 0 atom stereocenters. The Morgan fingerprint density at radius 2 is 2.00 bits per heavy atom.